The molecule has 1 aliphatic rings. The molecule has 0 aromatic heterocycles. The van der Waals surface area contributed by atoms with E-state index in [4.69, 9.17) is 4.74 Å². The second kappa shape index (κ2) is 3.55. The van der Waals surface area contributed by atoms with E-state index in [0.717, 1.165) is 5.75 Å². The van der Waals surface area contributed by atoms with Gasteiger partial charge in [0.05, 0.1) is 12.6 Å². The fourth-order valence-electron chi connectivity index (χ4n) is 2.04. The van der Waals surface area contributed by atoms with Gasteiger partial charge in [-0.15, -0.1) is 0 Å². The number of methoxy groups -OCH3 is 1. The second-order valence-electron chi connectivity index (χ2n) is 4.87. The zero-order valence-corrected chi connectivity index (χ0v) is 10.7. The molecule has 0 fully saturated rings. The Kier molecular flexibility index (Phi) is 2.45. The molecule has 0 saturated carbocycles. The summed E-state index contributed by atoms with van der Waals surface area (Å²) in [4.78, 5) is 2.31. The summed E-state index contributed by atoms with van der Waals surface area (Å²) in [6, 6.07) is 6.22. The molecule has 0 unspecified atom stereocenters. The van der Waals surface area contributed by atoms with E-state index < -0.39 is 0 Å². The zero-order valence-electron chi connectivity index (χ0n) is 10.7. The molecule has 1 aliphatic heterocycles. The molecule has 2 nitrogen and oxygen atoms in total. The smallest absolute Gasteiger partial charge is 0.120 e. The monoisotopic (exact) mass is 217 g/mol. The molecule has 1 heterocycles. The molecule has 1 aromatic carbocycles. The first-order valence-electron chi connectivity index (χ1n) is 5.57. The molecule has 2 rings (SSSR count). The molecular weight excluding hydrogens is 198 g/mol. The zero-order chi connectivity index (χ0) is 11.9. The summed E-state index contributed by atoms with van der Waals surface area (Å²) in [5, 5.41) is 0. The predicted molar refractivity (Wildman–Crippen MR) is 69.1 cm³/mol. The molecule has 0 saturated heterocycles. The van der Waals surface area contributed by atoms with Gasteiger partial charge in [0.25, 0.3) is 0 Å². The Morgan fingerprint density at radius 3 is 2.56 bits per heavy atom. The van der Waals surface area contributed by atoms with Crippen LogP contribution in [-0.2, 0) is 0 Å². The highest BCUT2D eigenvalue weighted by molar-refractivity contribution is 5.76. The van der Waals surface area contributed by atoms with Gasteiger partial charge in [-0.25, -0.2) is 0 Å². The number of fused-ring (bicyclic) bond motifs is 1. The topological polar surface area (TPSA) is 12.5 Å². The molecule has 0 atom stereocenters. The Bertz CT molecular complexity index is 446. The summed E-state index contributed by atoms with van der Waals surface area (Å²) >= 11 is 0. The molecule has 0 aliphatic carbocycles. The Morgan fingerprint density at radius 2 is 1.94 bits per heavy atom. The summed E-state index contributed by atoms with van der Waals surface area (Å²) in [6.07, 6.45) is 2.26. The standard InChI is InChI=1S/C14H19NO/c1-10-8-11-6-7-12(16-5)9-13(11)15(4)14(10,2)3/h6-9H,1-5H3. The van der Waals surface area contributed by atoms with Gasteiger partial charge in [-0.3, -0.25) is 0 Å². The number of rotatable bonds is 1. The van der Waals surface area contributed by atoms with Crippen LogP contribution >= 0.6 is 0 Å². The molecule has 0 radical (unpaired) electrons. The molecule has 0 amide bonds. The van der Waals surface area contributed by atoms with Crippen LogP contribution in [0.3, 0.4) is 0 Å². The normalized spacial score (nSPS) is 17.8. The van der Waals surface area contributed by atoms with Crippen molar-refractivity contribution in [2.45, 2.75) is 26.3 Å². The van der Waals surface area contributed by atoms with Crippen LogP contribution in [0.15, 0.2) is 23.8 Å². The van der Waals surface area contributed by atoms with Crippen LogP contribution in [0.25, 0.3) is 6.08 Å². The highest BCUT2D eigenvalue weighted by Crippen LogP contribution is 2.39. The van der Waals surface area contributed by atoms with Gasteiger partial charge < -0.3 is 9.64 Å². The molecule has 1 aromatic rings. The van der Waals surface area contributed by atoms with Crippen LogP contribution in [0.1, 0.15) is 26.3 Å². The average molecular weight is 217 g/mol. The number of likely N-dealkylation sites (N-methyl/N-ethyl adjacent to an activating group) is 1. The number of ether oxygens (including phenoxy) is 1. The lowest BCUT2D eigenvalue weighted by molar-refractivity contribution is 0.414. The summed E-state index contributed by atoms with van der Waals surface area (Å²) < 4.78 is 5.28. The van der Waals surface area contributed by atoms with Crippen LogP contribution in [0.5, 0.6) is 5.75 Å². The number of benzene rings is 1. The van der Waals surface area contributed by atoms with Crippen LogP contribution < -0.4 is 9.64 Å². The maximum Gasteiger partial charge on any atom is 0.120 e. The largest absolute Gasteiger partial charge is 0.497 e. The SMILES string of the molecule is COc1ccc2c(c1)N(C)C(C)(C)C(C)=C2. The molecule has 0 spiro atoms. The third-order valence-electron chi connectivity index (χ3n) is 3.77. The van der Waals surface area contributed by atoms with Crippen LogP contribution in [-0.4, -0.2) is 19.7 Å². The van der Waals surface area contributed by atoms with Gasteiger partial charge in [0.2, 0.25) is 0 Å². The second-order valence-corrected chi connectivity index (χ2v) is 4.87. The molecule has 0 N–H and O–H groups in total. The fourth-order valence-corrected chi connectivity index (χ4v) is 2.04. The molecule has 16 heavy (non-hydrogen) atoms. The summed E-state index contributed by atoms with van der Waals surface area (Å²) in [5.41, 5.74) is 3.95. The number of anilines is 1. The van der Waals surface area contributed by atoms with Crippen LogP contribution in [0.4, 0.5) is 5.69 Å². The minimum atomic E-state index is 0.0688. The van der Waals surface area contributed by atoms with Crippen molar-refractivity contribution in [3.8, 4) is 5.75 Å². The van der Waals surface area contributed by atoms with E-state index >= 15 is 0 Å². The van der Waals surface area contributed by atoms with Crippen molar-refractivity contribution in [3.05, 3.63) is 29.3 Å². The van der Waals surface area contributed by atoms with E-state index in [1.807, 2.05) is 6.07 Å². The summed E-state index contributed by atoms with van der Waals surface area (Å²) in [7, 11) is 3.84. The predicted octanol–water partition coefficient (Wildman–Crippen LogP) is 3.33. The minimum absolute atomic E-state index is 0.0688. The number of nitrogens with zero attached hydrogens (tertiary/aromatic N) is 1. The van der Waals surface area contributed by atoms with Crippen molar-refractivity contribution in [2.75, 3.05) is 19.1 Å². The average Bonchev–Trinajstić information content (AvgIpc) is 2.27. The lowest BCUT2D eigenvalue weighted by atomic mass is 9.87. The van der Waals surface area contributed by atoms with E-state index in [1.165, 1.54) is 16.8 Å². The Morgan fingerprint density at radius 1 is 1.25 bits per heavy atom. The third-order valence-corrected chi connectivity index (χ3v) is 3.77. The van der Waals surface area contributed by atoms with E-state index in [9.17, 15) is 0 Å². The number of hydrogen-bond acceptors (Lipinski definition) is 2. The number of hydrogen-bond donors (Lipinski definition) is 0. The van der Waals surface area contributed by atoms with Gasteiger partial charge in [-0.1, -0.05) is 6.08 Å². The Hall–Kier alpha value is -1.44. The lowest BCUT2D eigenvalue weighted by Gasteiger charge is -2.42. The van der Waals surface area contributed by atoms with Crippen molar-refractivity contribution < 1.29 is 4.74 Å². The highest BCUT2D eigenvalue weighted by Gasteiger charge is 2.30. The first kappa shape index (κ1) is 11.1. The van der Waals surface area contributed by atoms with Gasteiger partial charge in [0.1, 0.15) is 5.75 Å². The van der Waals surface area contributed by atoms with Gasteiger partial charge in [0, 0.05) is 18.8 Å². The molecule has 0 bridgehead atoms. The van der Waals surface area contributed by atoms with Crippen molar-refractivity contribution in [1.29, 1.82) is 0 Å². The van der Waals surface area contributed by atoms with E-state index in [1.54, 1.807) is 7.11 Å². The maximum absolute atomic E-state index is 5.28. The quantitative estimate of drug-likeness (QED) is 0.715. The van der Waals surface area contributed by atoms with E-state index in [0.29, 0.717) is 0 Å². The molecular formula is C14H19NO. The van der Waals surface area contributed by atoms with Crippen LogP contribution in [0.2, 0.25) is 0 Å². The molecule has 86 valence electrons. The van der Waals surface area contributed by atoms with Crippen molar-refractivity contribution >= 4 is 11.8 Å². The maximum atomic E-state index is 5.28. The lowest BCUT2D eigenvalue weighted by Crippen LogP contribution is -2.44. The first-order valence-corrected chi connectivity index (χ1v) is 5.57. The van der Waals surface area contributed by atoms with E-state index in [2.05, 4.69) is 50.9 Å². The van der Waals surface area contributed by atoms with Gasteiger partial charge in [0.15, 0.2) is 0 Å². The molecule has 2 heteroatoms. The van der Waals surface area contributed by atoms with Gasteiger partial charge >= 0.3 is 0 Å². The van der Waals surface area contributed by atoms with Crippen LogP contribution in [0, 0.1) is 0 Å². The highest BCUT2D eigenvalue weighted by atomic mass is 16.5. The summed E-state index contributed by atoms with van der Waals surface area (Å²) in [6.45, 7) is 6.66. The Labute approximate surface area is 97.5 Å². The van der Waals surface area contributed by atoms with Crippen molar-refractivity contribution in [1.82, 2.24) is 0 Å². The van der Waals surface area contributed by atoms with Gasteiger partial charge in [-0.2, -0.15) is 0 Å². The third kappa shape index (κ3) is 1.49. The van der Waals surface area contributed by atoms with Crippen molar-refractivity contribution in [2.24, 2.45) is 0 Å². The van der Waals surface area contributed by atoms with E-state index in [-0.39, 0.29) is 5.54 Å². The summed E-state index contributed by atoms with van der Waals surface area (Å²) in [5.74, 6) is 0.911. The first-order chi connectivity index (χ1) is 7.46. The van der Waals surface area contributed by atoms with Crippen molar-refractivity contribution in [3.63, 3.8) is 0 Å². The minimum Gasteiger partial charge on any atom is -0.497 e. The Balaban J connectivity index is 2.58. The fraction of sp³-hybridized carbons (Fsp3) is 0.429. The van der Waals surface area contributed by atoms with Gasteiger partial charge in [-0.05, 0) is 44.0 Å².